The van der Waals surface area contributed by atoms with Gasteiger partial charge in [0, 0.05) is 5.57 Å². The van der Waals surface area contributed by atoms with Gasteiger partial charge in [-0.3, -0.25) is 0 Å². The van der Waals surface area contributed by atoms with E-state index >= 15 is 0 Å². The first-order valence-electron chi connectivity index (χ1n) is 6.03. The van der Waals surface area contributed by atoms with Crippen LogP contribution < -0.4 is 0 Å². The van der Waals surface area contributed by atoms with E-state index in [0.29, 0.717) is 12.2 Å². The molecule has 0 spiro atoms. The number of nitrogens with zero attached hydrogens (tertiary/aromatic N) is 1. The minimum atomic E-state index is -0.336. The van der Waals surface area contributed by atoms with Gasteiger partial charge in [0.05, 0.1) is 27.7 Å². The molecule has 4 heteroatoms. The zero-order chi connectivity index (χ0) is 13.5. The lowest BCUT2D eigenvalue weighted by Crippen LogP contribution is -2.41. The molecule has 0 aliphatic heterocycles. The molecule has 0 bridgehead atoms. The molecule has 4 nitrogen and oxygen atoms in total. The van der Waals surface area contributed by atoms with Crippen LogP contribution in [0.5, 0.6) is 0 Å². The van der Waals surface area contributed by atoms with Gasteiger partial charge >= 0.3 is 5.97 Å². The van der Waals surface area contributed by atoms with Crippen LogP contribution in [-0.2, 0) is 9.53 Å². The summed E-state index contributed by atoms with van der Waals surface area (Å²) in [7, 11) is 6.16. The summed E-state index contributed by atoms with van der Waals surface area (Å²) in [5, 5.41) is 9.74. The summed E-state index contributed by atoms with van der Waals surface area (Å²) in [6.45, 7) is 6.29. The predicted molar refractivity (Wildman–Crippen MR) is 68.5 cm³/mol. The second-order valence-electron chi connectivity index (χ2n) is 5.54. The molecule has 0 fully saturated rings. The van der Waals surface area contributed by atoms with Crippen molar-refractivity contribution in [3.63, 3.8) is 0 Å². The Bertz CT molecular complexity index is 256. The normalized spacial score (nSPS) is 13.2. The van der Waals surface area contributed by atoms with E-state index < -0.39 is 0 Å². The summed E-state index contributed by atoms with van der Waals surface area (Å²) in [5.41, 5.74) is 0.426. The first kappa shape index (κ1) is 16.1. The zero-order valence-electron chi connectivity index (χ0n) is 11.5. The zero-order valence-corrected chi connectivity index (χ0v) is 11.5. The molecular formula is C13H26NO3+. The van der Waals surface area contributed by atoms with Gasteiger partial charge in [-0.15, -0.1) is 0 Å². The second-order valence-corrected chi connectivity index (χ2v) is 5.54. The minimum Gasteiger partial charge on any atom is -0.462 e. The average Bonchev–Trinajstić information content (AvgIpc) is 2.13. The van der Waals surface area contributed by atoms with Crippen molar-refractivity contribution in [3.05, 3.63) is 12.2 Å². The van der Waals surface area contributed by atoms with Gasteiger partial charge in [0.2, 0.25) is 0 Å². The molecule has 0 rings (SSSR count). The number of aliphatic hydroxyl groups excluding tert-OH is 1. The quantitative estimate of drug-likeness (QED) is 0.303. The Morgan fingerprint density at radius 2 is 1.94 bits per heavy atom. The van der Waals surface area contributed by atoms with Crippen LogP contribution >= 0.6 is 0 Å². The largest absolute Gasteiger partial charge is 0.462 e. The van der Waals surface area contributed by atoms with E-state index in [1.165, 1.54) is 0 Å². The van der Waals surface area contributed by atoms with Crippen molar-refractivity contribution in [2.24, 2.45) is 0 Å². The highest BCUT2D eigenvalue weighted by Crippen LogP contribution is 2.05. The van der Waals surface area contributed by atoms with E-state index in [4.69, 9.17) is 4.74 Å². The number of hydrogen-bond acceptors (Lipinski definition) is 3. The number of ether oxygens (including phenoxy) is 1. The number of rotatable bonds is 8. The van der Waals surface area contributed by atoms with Crippen LogP contribution in [-0.4, -0.2) is 56.0 Å². The number of carbonyl (C=O) groups excluding carboxylic acids is 1. The van der Waals surface area contributed by atoms with E-state index in [0.717, 1.165) is 30.3 Å². The molecule has 1 unspecified atom stereocenters. The molecule has 0 saturated heterocycles. The van der Waals surface area contributed by atoms with Gasteiger partial charge in [0.1, 0.15) is 12.6 Å². The van der Waals surface area contributed by atoms with Gasteiger partial charge in [0.15, 0.2) is 0 Å². The summed E-state index contributed by atoms with van der Waals surface area (Å²) < 4.78 is 5.72. The van der Waals surface area contributed by atoms with E-state index in [-0.39, 0.29) is 12.1 Å². The Labute approximate surface area is 104 Å². The van der Waals surface area contributed by atoms with E-state index in [2.05, 4.69) is 27.7 Å². The van der Waals surface area contributed by atoms with Gasteiger partial charge in [-0.05, 0) is 26.2 Å². The molecule has 0 aromatic rings. The third kappa shape index (κ3) is 10.0. The molecule has 0 saturated carbocycles. The van der Waals surface area contributed by atoms with Gasteiger partial charge < -0.3 is 14.3 Å². The van der Waals surface area contributed by atoms with Gasteiger partial charge in [-0.25, -0.2) is 4.79 Å². The number of esters is 1. The van der Waals surface area contributed by atoms with Crippen molar-refractivity contribution in [2.75, 3.05) is 34.3 Å². The molecule has 0 aliphatic rings. The van der Waals surface area contributed by atoms with Gasteiger partial charge in [-0.1, -0.05) is 6.58 Å². The number of quaternary nitrogens is 1. The molecule has 100 valence electrons. The van der Waals surface area contributed by atoms with Crippen LogP contribution in [0.4, 0.5) is 0 Å². The fraction of sp³-hybridized carbons (Fsp3) is 0.769. The smallest absolute Gasteiger partial charge is 0.333 e. The molecule has 0 aromatic carbocycles. The molecule has 17 heavy (non-hydrogen) atoms. The lowest BCUT2D eigenvalue weighted by molar-refractivity contribution is -0.873. The van der Waals surface area contributed by atoms with E-state index in [1.807, 2.05) is 0 Å². The highest BCUT2D eigenvalue weighted by molar-refractivity contribution is 5.86. The molecule has 1 N–H and O–H groups in total. The van der Waals surface area contributed by atoms with Gasteiger partial charge in [0.25, 0.3) is 0 Å². The molecule has 0 heterocycles. The van der Waals surface area contributed by atoms with Crippen LogP contribution in [0, 0.1) is 0 Å². The average molecular weight is 244 g/mol. The maximum Gasteiger partial charge on any atom is 0.333 e. The SMILES string of the molecule is C=C(C)C(=O)OCCCCC(O)C[N+](C)(C)C. The van der Waals surface area contributed by atoms with Crippen molar-refractivity contribution >= 4 is 5.97 Å². The molecule has 0 amide bonds. The molecule has 1 atom stereocenters. The van der Waals surface area contributed by atoms with Crippen LogP contribution in [0.3, 0.4) is 0 Å². The Balaban J connectivity index is 3.52. The lowest BCUT2D eigenvalue weighted by Gasteiger charge is -2.26. The first-order chi connectivity index (χ1) is 7.72. The first-order valence-corrected chi connectivity index (χ1v) is 6.03. The summed E-state index contributed by atoms with van der Waals surface area (Å²) in [6, 6.07) is 0. The predicted octanol–water partition coefficient (Wildman–Crippen LogP) is 1.34. The Hall–Kier alpha value is -0.870. The molecule has 0 radical (unpaired) electrons. The van der Waals surface area contributed by atoms with Crippen molar-refractivity contribution in [1.82, 2.24) is 0 Å². The van der Waals surface area contributed by atoms with Crippen molar-refractivity contribution in [2.45, 2.75) is 32.3 Å². The number of carbonyl (C=O) groups is 1. The topological polar surface area (TPSA) is 46.5 Å². The Kier molecular flexibility index (Phi) is 7.07. The highest BCUT2D eigenvalue weighted by Gasteiger charge is 2.14. The third-order valence-corrected chi connectivity index (χ3v) is 2.27. The Morgan fingerprint density at radius 1 is 1.35 bits per heavy atom. The maximum absolute atomic E-state index is 11.1. The van der Waals surface area contributed by atoms with Crippen LogP contribution in [0.25, 0.3) is 0 Å². The maximum atomic E-state index is 11.1. The number of hydrogen-bond donors (Lipinski definition) is 1. The fourth-order valence-electron chi connectivity index (χ4n) is 1.49. The van der Waals surface area contributed by atoms with Gasteiger partial charge in [-0.2, -0.15) is 0 Å². The van der Waals surface area contributed by atoms with Crippen LogP contribution in [0.2, 0.25) is 0 Å². The van der Waals surface area contributed by atoms with Crippen molar-refractivity contribution in [3.8, 4) is 0 Å². The third-order valence-electron chi connectivity index (χ3n) is 2.27. The van der Waals surface area contributed by atoms with Crippen molar-refractivity contribution in [1.29, 1.82) is 0 Å². The molecule has 0 aromatic heterocycles. The van der Waals surface area contributed by atoms with Crippen LogP contribution in [0.15, 0.2) is 12.2 Å². The Morgan fingerprint density at radius 3 is 2.41 bits per heavy atom. The van der Waals surface area contributed by atoms with E-state index in [9.17, 15) is 9.90 Å². The number of aliphatic hydroxyl groups is 1. The fourth-order valence-corrected chi connectivity index (χ4v) is 1.49. The molecular weight excluding hydrogens is 218 g/mol. The summed E-state index contributed by atoms with van der Waals surface area (Å²) in [6.07, 6.45) is 2.12. The number of unbranched alkanes of at least 4 members (excludes halogenated alkanes) is 1. The highest BCUT2D eigenvalue weighted by atomic mass is 16.5. The summed E-state index contributed by atoms with van der Waals surface area (Å²) in [5.74, 6) is -0.336. The monoisotopic (exact) mass is 244 g/mol. The minimum absolute atomic E-state index is 0.285. The number of likely N-dealkylation sites (N-methyl/N-ethyl adjacent to an activating group) is 1. The summed E-state index contributed by atoms with van der Waals surface area (Å²) >= 11 is 0. The molecule has 0 aliphatic carbocycles. The second kappa shape index (κ2) is 7.45. The van der Waals surface area contributed by atoms with Crippen LogP contribution in [0.1, 0.15) is 26.2 Å². The van der Waals surface area contributed by atoms with E-state index in [1.54, 1.807) is 6.92 Å². The summed E-state index contributed by atoms with van der Waals surface area (Å²) in [4.78, 5) is 11.1. The lowest BCUT2D eigenvalue weighted by atomic mass is 10.1. The van der Waals surface area contributed by atoms with Crippen molar-refractivity contribution < 1.29 is 19.1 Å². The standard InChI is InChI=1S/C13H26NO3/c1-11(2)13(16)17-9-7-6-8-12(15)10-14(3,4)5/h12,15H,1,6-10H2,2-5H3/q+1.